The average Bonchev–Trinajstić information content (AvgIpc) is 3.24. The molecule has 1 atom stereocenters. The summed E-state index contributed by atoms with van der Waals surface area (Å²) in [6, 6.07) is 15.9. The SMILES string of the molecule is CC(C)(CCc1ccccc1N)OC(=O)NC(C(=O)OC1CCCC1)c1ccccc1. The zero-order chi connectivity index (χ0) is 22.3. The highest BCUT2D eigenvalue weighted by Crippen LogP contribution is 2.25. The monoisotopic (exact) mass is 424 g/mol. The van der Waals surface area contributed by atoms with Gasteiger partial charge in [0.1, 0.15) is 11.7 Å². The topological polar surface area (TPSA) is 90.6 Å². The zero-order valence-corrected chi connectivity index (χ0v) is 18.3. The summed E-state index contributed by atoms with van der Waals surface area (Å²) in [5.41, 5.74) is 7.68. The molecule has 0 heterocycles. The summed E-state index contributed by atoms with van der Waals surface area (Å²) in [6.07, 6.45) is 4.40. The number of carbonyl (C=O) groups is 2. The number of hydrogen-bond donors (Lipinski definition) is 2. The predicted molar refractivity (Wildman–Crippen MR) is 120 cm³/mol. The molecule has 0 bridgehead atoms. The third-order valence-electron chi connectivity index (χ3n) is 5.64. The van der Waals surface area contributed by atoms with Gasteiger partial charge in [0.25, 0.3) is 0 Å². The van der Waals surface area contributed by atoms with Crippen molar-refractivity contribution in [2.24, 2.45) is 0 Å². The van der Waals surface area contributed by atoms with E-state index in [4.69, 9.17) is 15.2 Å². The molecule has 166 valence electrons. The van der Waals surface area contributed by atoms with Gasteiger partial charge in [-0.15, -0.1) is 0 Å². The molecule has 3 rings (SSSR count). The number of aryl methyl sites for hydroxylation is 1. The van der Waals surface area contributed by atoms with Gasteiger partial charge in [-0.3, -0.25) is 0 Å². The molecule has 2 aromatic carbocycles. The van der Waals surface area contributed by atoms with Gasteiger partial charge in [-0.05, 0) is 69.6 Å². The predicted octanol–water partition coefficient (Wildman–Crippen LogP) is 4.93. The van der Waals surface area contributed by atoms with Crippen LogP contribution < -0.4 is 11.1 Å². The van der Waals surface area contributed by atoms with E-state index in [-0.39, 0.29) is 6.10 Å². The van der Waals surface area contributed by atoms with Crippen LogP contribution in [0.15, 0.2) is 54.6 Å². The van der Waals surface area contributed by atoms with Gasteiger partial charge in [-0.1, -0.05) is 48.5 Å². The minimum absolute atomic E-state index is 0.0793. The summed E-state index contributed by atoms with van der Waals surface area (Å²) in [7, 11) is 0. The van der Waals surface area contributed by atoms with Crippen molar-refractivity contribution in [3.05, 3.63) is 65.7 Å². The molecule has 3 N–H and O–H groups in total. The van der Waals surface area contributed by atoms with Gasteiger partial charge < -0.3 is 20.5 Å². The Morgan fingerprint density at radius 2 is 1.71 bits per heavy atom. The smallest absolute Gasteiger partial charge is 0.408 e. The minimum atomic E-state index is -0.908. The first-order valence-corrected chi connectivity index (χ1v) is 10.9. The number of ether oxygens (including phenoxy) is 2. The number of amides is 1. The third-order valence-corrected chi connectivity index (χ3v) is 5.64. The molecule has 1 aliphatic rings. The Morgan fingerprint density at radius 1 is 1.06 bits per heavy atom. The van der Waals surface area contributed by atoms with Gasteiger partial charge in [0.2, 0.25) is 0 Å². The molecule has 0 aromatic heterocycles. The number of anilines is 1. The van der Waals surface area contributed by atoms with E-state index < -0.39 is 23.7 Å². The molecule has 0 spiro atoms. The highest BCUT2D eigenvalue weighted by molar-refractivity contribution is 5.83. The number of nitrogen functional groups attached to an aromatic ring is 1. The van der Waals surface area contributed by atoms with E-state index in [0.29, 0.717) is 18.4 Å². The Balaban J connectivity index is 1.62. The van der Waals surface area contributed by atoms with Crippen molar-refractivity contribution in [3.63, 3.8) is 0 Å². The Labute approximate surface area is 184 Å². The number of nitrogens with one attached hydrogen (secondary N) is 1. The number of para-hydroxylation sites is 1. The zero-order valence-electron chi connectivity index (χ0n) is 18.3. The van der Waals surface area contributed by atoms with Crippen molar-refractivity contribution in [2.75, 3.05) is 5.73 Å². The van der Waals surface area contributed by atoms with Crippen LogP contribution >= 0.6 is 0 Å². The Bertz CT molecular complexity index is 876. The van der Waals surface area contributed by atoms with Crippen LogP contribution in [0, 0.1) is 0 Å². The fourth-order valence-electron chi connectivity index (χ4n) is 3.81. The molecule has 6 nitrogen and oxygen atoms in total. The van der Waals surface area contributed by atoms with Crippen LogP contribution in [0.3, 0.4) is 0 Å². The van der Waals surface area contributed by atoms with Crippen LogP contribution in [0.25, 0.3) is 0 Å². The lowest BCUT2D eigenvalue weighted by Gasteiger charge is -2.27. The quantitative estimate of drug-likeness (QED) is 0.463. The van der Waals surface area contributed by atoms with E-state index in [1.807, 2.05) is 56.3 Å². The molecule has 6 heteroatoms. The van der Waals surface area contributed by atoms with Crippen LogP contribution in [0.4, 0.5) is 10.5 Å². The van der Waals surface area contributed by atoms with Crippen molar-refractivity contribution >= 4 is 17.7 Å². The molecule has 1 saturated carbocycles. The van der Waals surface area contributed by atoms with Crippen molar-refractivity contribution in [3.8, 4) is 0 Å². The van der Waals surface area contributed by atoms with Crippen LogP contribution in [0.2, 0.25) is 0 Å². The Hall–Kier alpha value is -3.02. The van der Waals surface area contributed by atoms with E-state index in [1.54, 1.807) is 12.1 Å². The maximum atomic E-state index is 12.8. The van der Waals surface area contributed by atoms with E-state index >= 15 is 0 Å². The number of alkyl carbamates (subject to hydrolysis) is 1. The molecule has 0 radical (unpaired) electrons. The summed E-state index contributed by atoms with van der Waals surface area (Å²) in [4.78, 5) is 25.5. The van der Waals surface area contributed by atoms with E-state index in [9.17, 15) is 9.59 Å². The second-order valence-corrected chi connectivity index (χ2v) is 8.68. The molecular weight excluding hydrogens is 392 g/mol. The lowest BCUT2D eigenvalue weighted by Crippen LogP contribution is -2.40. The first-order chi connectivity index (χ1) is 14.8. The van der Waals surface area contributed by atoms with Crippen molar-refractivity contribution in [1.82, 2.24) is 5.32 Å². The van der Waals surface area contributed by atoms with Gasteiger partial charge in [0, 0.05) is 5.69 Å². The average molecular weight is 425 g/mol. The van der Waals surface area contributed by atoms with E-state index in [1.165, 1.54) is 0 Å². The number of nitrogens with two attached hydrogens (primary N) is 1. The highest BCUT2D eigenvalue weighted by atomic mass is 16.6. The molecular formula is C25H32N2O4. The highest BCUT2D eigenvalue weighted by Gasteiger charge is 2.31. The summed E-state index contributed by atoms with van der Waals surface area (Å²) >= 11 is 0. The van der Waals surface area contributed by atoms with Gasteiger partial charge in [-0.2, -0.15) is 0 Å². The van der Waals surface area contributed by atoms with Gasteiger partial charge in [-0.25, -0.2) is 9.59 Å². The van der Waals surface area contributed by atoms with Crippen LogP contribution in [0.5, 0.6) is 0 Å². The fourth-order valence-corrected chi connectivity index (χ4v) is 3.81. The first-order valence-electron chi connectivity index (χ1n) is 10.9. The van der Waals surface area contributed by atoms with Crippen molar-refractivity contribution in [1.29, 1.82) is 0 Å². The van der Waals surface area contributed by atoms with Crippen LogP contribution in [-0.4, -0.2) is 23.8 Å². The van der Waals surface area contributed by atoms with Gasteiger partial charge in [0.05, 0.1) is 0 Å². The Morgan fingerprint density at radius 3 is 2.39 bits per heavy atom. The number of benzene rings is 2. The lowest BCUT2D eigenvalue weighted by atomic mass is 9.98. The molecule has 1 aliphatic carbocycles. The molecule has 0 aliphatic heterocycles. The second-order valence-electron chi connectivity index (χ2n) is 8.68. The van der Waals surface area contributed by atoms with Crippen molar-refractivity contribution < 1.29 is 19.1 Å². The van der Waals surface area contributed by atoms with Crippen molar-refractivity contribution in [2.45, 2.75) is 70.1 Å². The summed E-state index contributed by atoms with van der Waals surface area (Å²) in [6.45, 7) is 3.69. The summed E-state index contributed by atoms with van der Waals surface area (Å²) < 4.78 is 11.3. The number of hydrogen-bond acceptors (Lipinski definition) is 5. The normalized spacial score (nSPS) is 15.3. The molecule has 1 amide bonds. The number of rotatable bonds is 8. The standard InChI is InChI=1S/C25H32N2O4/c1-25(2,17-16-18-10-6-9-15-21(18)26)31-24(29)27-22(19-11-4-3-5-12-19)23(28)30-20-13-7-8-14-20/h3-6,9-12,15,20,22H,7-8,13-14,16-17,26H2,1-2H3,(H,27,29). The summed E-state index contributed by atoms with van der Waals surface area (Å²) in [5.74, 6) is -0.454. The van der Waals surface area contributed by atoms with Gasteiger partial charge in [0.15, 0.2) is 6.04 Å². The van der Waals surface area contributed by atoms with E-state index in [2.05, 4.69) is 5.32 Å². The van der Waals surface area contributed by atoms with Gasteiger partial charge >= 0.3 is 12.1 Å². The minimum Gasteiger partial charge on any atom is -0.461 e. The Kier molecular flexibility index (Phi) is 7.55. The maximum Gasteiger partial charge on any atom is 0.408 e. The third kappa shape index (κ3) is 6.74. The lowest BCUT2D eigenvalue weighted by molar-refractivity contribution is -0.151. The number of esters is 1. The molecule has 1 unspecified atom stereocenters. The molecule has 0 saturated heterocycles. The fraction of sp³-hybridized carbons (Fsp3) is 0.440. The number of carbonyl (C=O) groups excluding carboxylic acids is 2. The second kappa shape index (κ2) is 10.3. The van der Waals surface area contributed by atoms with Crippen LogP contribution in [-0.2, 0) is 20.7 Å². The molecule has 1 fully saturated rings. The first kappa shape index (κ1) is 22.7. The molecule has 2 aromatic rings. The maximum absolute atomic E-state index is 12.8. The van der Waals surface area contributed by atoms with E-state index in [0.717, 1.165) is 36.9 Å². The molecule has 31 heavy (non-hydrogen) atoms. The largest absolute Gasteiger partial charge is 0.461 e. The van der Waals surface area contributed by atoms with Crippen LogP contribution in [0.1, 0.15) is 63.1 Å². The summed E-state index contributed by atoms with van der Waals surface area (Å²) in [5, 5.41) is 2.71.